The van der Waals surface area contributed by atoms with Crippen LogP contribution in [0.15, 0.2) is 16.9 Å². The molecule has 1 aromatic rings. The van der Waals surface area contributed by atoms with Crippen molar-refractivity contribution in [2.45, 2.75) is 52.1 Å². The van der Waals surface area contributed by atoms with E-state index in [4.69, 9.17) is 10.5 Å². The van der Waals surface area contributed by atoms with Gasteiger partial charge in [0.05, 0.1) is 22.5 Å². The summed E-state index contributed by atoms with van der Waals surface area (Å²) < 4.78 is 6.66. The molecule has 1 atom stereocenters. The van der Waals surface area contributed by atoms with Gasteiger partial charge in [0.2, 0.25) is 0 Å². The lowest BCUT2D eigenvalue weighted by atomic mass is 10.1. The van der Waals surface area contributed by atoms with Crippen molar-refractivity contribution in [3.8, 4) is 5.75 Å². The molecule has 0 saturated carbocycles. The molecule has 0 aliphatic rings. The first kappa shape index (κ1) is 14.3. The summed E-state index contributed by atoms with van der Waals surface area (Å²) in [6.45, 7) is 4.30. The van der Waals surface area contributed by atoms with Gasteiger partial charge in [-0.15, -0.1) is 0 Å². The zero-order chi connectivity index (χ0) is 12.7. The molecule has 0 aliphatic carbocycles. The summed E-state index contributed by atoms with van der Waals surface area (Å²) in [6, 6.07) is 0. The van der Waals surface area contributed by atoms with Crippen LogP contribution < -0.4 is 10.5 Å². The van der Waals surface area contributed by atoms with Crippen molar-refractivity contribution in [2.75, 3.05) is 5.73 Å². The molecule has 0 radical (unpaired) electrons. The summed E-state index contributed by atoms with van der Waals surface area (Å²) in [7, 11) is 0. The van der Waals surface area contributed by atoms with E-state index >= 15 is 0 Å². The van der Waals surface area contributed by atoms with E-state index in [1.807, 2.05) is 0 Å². The largest absolute Gasteiger partial charge is 0.487 e. The van der Waals surface area contributed by atoms with Crippen molar-refractivity contribution in [1.82, 2.24) is 4.98 Å². The SMILES string of the molecule is CCCCCCC(C)Oc1c(N)cncc1Br. The average molecular weight is 301 g/mol. The first-order valence-electron chi connectivity index (χ1n) is 6.20. The zero-order valence-corrected chi connectivity index (χ0v) is 12.2. The van der Waals surface area contributed by atoms with Crippen molar-refractivity contribution in [2.24, 2.45) is 0 Å². The summed E-state index contributed by atoms with van der Waals surface area (Å²) >= 11 is 3.40. The van der Waals surface area contributed by atoms with Gasteiger partial charge < -0.3 is 10.5 Å². The van der Waals surface area contributed by atoms with Crippen LogP contribution in [0.5, 0.6) is 5.75 Å². The third-order valence-corrected chi connectivity index (χ3v) is 3.23. The van der Waals surface area contributed by atoms with E-state index in [9.17, 15) is 0 Å². The van der Waals surface area contributed by atoms with Crippen molar-refractivity contribution in [1.29, 1.82) is 0 Å². The van der Waals surface area contributed by atoms with Crippen LogP contribution in [0.2, 0.25) is 0 Å². The Morgan fingerprint density at radius 3 is 2.76 bits per heavy atom. The van der Waals surface area contributed by atoms with E-state index in [0.717, 1.165) is 10.9 Å². The van der Waals surface area contributed by atoms with Crippen LogP contribution in [0.25, 0.3) is 0 Å². The predicted molar refractivity (Wildman–Crippen MR) is 75.2 cm³/mol. The Labute approximate surface area is 112 Å². The number of hydrogen-bond donors (Lipinski definition) is 1. The van der Waals surface area contributed by atoms with Crippen LogP contribution >= 0.6 is 15.9 Å². The molecule has 96 valence electrons. The number of ether oxygens (including phenoxy) is 1. The number of anilines is 1. The van der Waals surface area contributed by atoms with Gasteiger partial charge in [-0.05, 0) is 35.7 Å². The van der Waals surface area contributed by atoms with Gasteiger partial charge >= 0.3 is 0 Å². The number of pyridine rings is 1. The highest BCUT2D eigenvalue weighted by molar-refractivity contribution is 9.10. The molecule has 4 heteroatoms. The van der Waals surface area contributed by atoms with E-state index in [1.54, 1.807) is 12.4 Å². The van der Waals surface area contributed by atoms with Gasteiger partial charge in [-0.1, -0.05) is 26.2 Å². The maximum Gasteiger partial charge on any atom is 0.159 e. The summed E-state index contributed by atoms with van der Waals surface area (Å²) in [5.41, 5.74) is 6.41. The molecule has 1 rings (SSSR count). The molecule has 0 bridgehead atoms. The van der Waals surface area contributed by atoms with Crippen LogP contribution in [0.1, 0.15) is 46.0 Å². The van der Waals surface area contributed by atoms with Crippen molar-refractivity contribution < 1.29 is 4.74 Å². The normalized spacial score (nSPS) is 12.4. The number of nitrogens with two attached hydrogens (primary N) is 1. The quantitative estimate of drug-likeness (QED) is 0.769. The van der Waals surface area contributed by atoms with Crippen LogP contribution in [0.3, 0.4) is 0 Å². The minimum absolute atomic E-state index is 0.188. The molecule has 0 aromatic carbocycles. The van der Waals surface area contributed by atoms with Gasteiger partial charge in [-0.25, -0.2) is 0 Å². The molecule has 0 spiro atoms. The van der Waals surface area contributed by atoms with Gasteiger partial charge in [-0.3, -0.25) is 4.98 Å². The third kappa shape index (κ3) is 4.94. The highest BCUT2D eigenvalue weighted by Gasteiger charge is 2.10. The summed E-state index contributed by atoms with van der Waals surface area (Å²) in [6.07, 6.45) is 9.61. The molecule has 1 unspecified atom stereocenters. The molecular weight excluding hydrogens is 280 g/mol. The fraction of sp³-hybridized carbons (Fsp3) is 0.615. The highest BCUT2D eigenvalue weighted by Crippen LogP contribution is 2.31. The number of aromatic nitrogens is 1. The molecule has 0 saturated heterocycles. The fourth-order valence-corrected chi connectivity index (χ4v) is 2.12. The van der Waals surface area contributed by atoms with Crippen molar-refractivity contribution in [3.63, 3.8) is 0 Å². The standard InChI is InChI=1S/C13H21BrN2O/c1-3-4-5-6-7-10(2)17-13-11(14)8-16-9-12(13)15/h8-10H,3-7,15H2,1-2H3. The molecule has 17 heavy (non-hydrogen) atoms. The molecule has 1 heterocycles. The van der Waals surface area contributed by atoms with Gasteiger partial charge in [0, 0.05) is 6.20 Å². The zero-order valence-electron chi connectivity index (χ0n) is 10.6. The van der Waals surface area contributed by atoms with E-state index in [0.29, 0.717) is 11.4 Å². The number of nitrogen functional groups attached to an aromatic ring is 1. The van der Waals surface area contributed by atoms with E-state index in [2.05, 4.69) is 34.8 Å². The lowest BCUT2D eigenvalue weighted by Gasteiger charge is -2.16. The second-order valence-electron chi connectivity index (χ2n) is 4.32. The topological polar surface area (TPSA) is 48.1 Å². The predicted octanol–water partition coefficient (Wildman–Crippen LogP) is 4.16. The van der Waals surface area contributed by atoms with Gasteiger partial charge in [0.15, 0.2) is 5.75 Å². The number of unbranched alkanes of at least 4 members (excludes halogenated alkanes) is 3. The fourth-order valence-electron chi connectivity index (χ4n) is 1.68. The maximum atomic E-state index is 5.84. The van der Waals surface area contributed by atoms with E-state index in [1.165, 1.54) is 25.7 Å². The molecule has 3 nitrogen and oxygen atoms in total. The lowest BCUT2D eigenvalue weighted by molar-refractivity contribution is 0.206. The van der Waals surface area contributed by atoms with Crippen molar-refractivity contribution >= 4 is 21.6 Å². The Morgan fingerprint density at radius 1 is 1.35 bits per heavy atom. The second-order valence-corrected chi connectivity index (χ2v) is 5.17. The van der Waals surface area contributed by atoms with Crippen LogP contribution in [0.4, 0.5) is 5.69 Å². The summed E-state index contributed by atoms with van der Waals surface area (Å²) in [5.74, 6) is 0.711. The lowest BCUT2D eigenvalue weighted by Crippen LogP contribution is -2.13. The van der Waals surface area contributed by atoms with E-state index in [-0.39, 0.29) is 6.10 Å². The first-order valence-corrected chi connectivity index (χ1v) is 7.00. The highest BCUT2D eigenvalue weighted by atomic mass is 79.9. The Morgan fingerprint density at radius 2 is 2.12 bits per heavy atom. The number of nitrogens with zero attached hydrogens (tertiary/aromatic N) is 1. The third-order valence-electron chi connectivity index (χ3n) is 2.66. The Kier molecular flexibility index (Phi) is 6.34. The molecule has 1 aromatic heterocycles. The smallest absolute Gasteiger partial charge is 0.159 e. The van der Waals surface area contributed by atoms with Gasteiger partial charge in [-0.2, -0.15) is 0 Å². The number of rotatable bonds is 7. The van der Waals surface area contributed by atoms with Crippen molar-refractivity contribution in [3.05, 3.63) is 16.9 Å². The van der Waals surface area contributed by atoms with Crippen LogP contribution in [-0.2, 0) is 0 Å². The Hall–Kier alpha value is -0.770. The monoisotopic (exact) mass is 300 g/mol. The Balaban J connectivity index is 2.42. The summed E-state index contributed by atoms with van der Waals surface area (Å²) in [4.78, 5) is 3.99. The van der Waals surface area contributed by atoms with Gasteiger partial charge in [0.1, 0.15) is 0 Å². The average Bonchev–Trinajstić information content (AvgIpc) is 2.30. The second kappa shape index (κ2) is 7.54. The minimum Gasteiger partial charge on any atom is -0.487 e. The molecule has 0 fully saturated rings. The first-order chi connectivity index (χ1) is 8.15. The van der Waals surface area contributed by atoms with Gasteiger partial charge in [0.25, 0.3) is 0 Å². The minimum atomic E-state index is 0.188. The maximum absolute atomic E-state index is 5.84. The van der Waals surface area contributed by atoms with E-state index < -0.39 is 0 Å². The molecule has 0 aliphatic heterocycles. The molecular formula is C13H21BrN2O. The Bertz CT molecular complexity index is 324. The number of hydrogen-bond acceptors (Lipinski definition) is 3. The molecule has 2 N–H and O–H groups in total. The summed E-state index contributed by atoms with van der Waals surface area (Å²) in [5, 5.41) is 0. The van der Waals surface area contributed by atoms with Crippen LogP contribution in [0, 0.1) is 0 Å². The number of halogens is 1. The van der Waals surface area contributed by atoms with Crippen LogP contribution in [-0.4, -0.2) is 11.1 Å². The molecule has 0 amide bonds.